The molecule has 1 aromatic heterocycles. The number of aromatic carboxylic acids is 1. The number of oxazole rings is 1. The molecule has 0 aliphatic carbocycles. The SMILES string of the molecule is O=C(O)c1coc(N2CCC[C@H]2COc2ccccc2)n1. The summed E-state index contributed by atoms with van der Waals surface area (Å²) in [4.78, 5) is 16.8. The lowest BCUT2D eigenvalue weighted by atomic mass is 10.2. The van der Waals surface area contributed by atoms with E-state index >= 15 is 0 Å². The lowest BCUT2D eigenvalue weighted by Gasteiger charge is -2.22. The number of anilines is 1. The van der Waals surface area contributed by atoms with Crippen molar-refractivity contribution in [2.75, 3.05) is 18.1 Å². The molecule has 0 amide bonds. The van der Waals surface area contributed by atoms with Crippen LogP contribution >= 0.6 is 0 Å². The topological polar surface area (TPSA) is 75.8 Å². The van der Waals surface area contributed by atoms with Gasteiger partial charge in [-0.25, -0.2) is 4.79 Å². The fourth-order valence-electron chi connectivity index (χ4n) is 2.46. The number of ether oxygens (including phenoxy) is 1. The van der Waals surface area contributed by atoms with E-state index in [-0.39, 0.29) is 11.7 Å². The summed E-state index contributed by atoms with van der Waals surface area (Å²) in [5.74, 6) is -0.260. The van der Waals surface area contributed by atoms with Crippen LogP contribution in [0.25, 0.3) is 0 Å². The van der Waals surface area contributed by atoms with Crippen LogP contribution in [-0.4, -0.2) is 35.3 Å². The summed E-state index contributed by atoms with van der Waals surface area (Å²) in [5, 5.41) is 8.89. The maximum atomic E-state index is 10.9. The molecular formula is C15H16N2O4. The number of carboxylic acid groups (broad SMARTS) is 1. The highest BCUT2D eigenvalue weighted by Gasteiger charge is 2.29. The molecular weight excluding hydrogens is 272 g/mol. The van der Waals surface area contributed by atoms with Crippen molar-refractivity contribution in [2.24, 2.45) is 0 Å². The molecule has 1 N–H and O–H groups in total. The fraction of sp³-hybridized carbons (Fsp3) is 0.333. The third-order valence-corrected chi connectivity index (χ3v) is 3.52. The Morgan fingerprint density at radius 3 is 2.95 bits per heavy atom. The number of rotatable bonds is 5. The molecule has 6 nitrogen and oxygen atoms in total. The van der Waals surface area contributed by atoms with E-state index in [1.165, 1.54) is 6.26 Å². The van der Waals surface area contributed by atoms with Gasteiger partial charge in [-0.1, -0.05) is 18.2 Å². The van der Waals surface area contributed by atoms with Crippen molar-refractivity contribution in [1.82, 2.24) is 4.98 Å². The first-order valence-electron chi connectivity index (χ1n) is 6.87. The fourth-order valence-corrected chi connectivity index (χ4v) is 2.46. The molecule has 0 saturated carbocycles. The number of carboxylic acids is 1. The Labute approximate surface area is 122 Å². The zero-order chi connectivity index (χ0) is 14.7. The molecule has 0 bridgehead atoms. The van der Waals surface area contributed by atoms with Crippen LogP contribution in [0.2, 0.25) is 0 Å². The lowest BCUT2D eigenvalue weighted by Crippen LogP contribution is -2.34. The van der Waals surface area contributed by atoms with Crippen LogP contribution in [0.1, 0.15) is 23.3 Å². The predicted molar refractivity (Wildman–Crippen MR) is 75.8 cm³/mol. The van der Waals surface area contributed by atoms with Crippen LogP contribution in [0.15, 0.2) is 41.0 Å². The van der Waals surface area contributed by atoms with Crippen molar-refractivity contribution >= 4 is 12.0 Å². The molecule has 0 radical (unpaired) electrons. The third-order valence-electron chi connectivity index (χ3n) is 3.52. The third kappa shape index (κ3) is 2.99. The van der Waals surface area contributed by atoms with Gasteiger partial charge in [0.2, 0.25) is 0 Å². The van der Waals surface area contributed by atoms with Gasteiger partial charge in [-0.3, -0.25) is 0 Å². The molecule has 3 rings (SSSR count). The van der Waals surface area contributed by atoms with Crippen LogP contribution in [0.5, 0.6) is 5.75 Å². The van der Waals surface area contributed by atoms with Gasteiger partial charge in [-0.15, -0.1) is 0 Å². The van der Waals surface area contributed by atoms with Crippen LogP contribution < -0.4 is 9.64 Å². The lowest BCUT2D eigenvalue weighted by molar-refractivity contribution is 0.0690. The van der Waals surface area contributed by atoms with Gasteiger partial charge in [0, 0.05) is 6.54 Å². The number of nitrogens with zero attached hydrogens (tertiary/aromatic N) is 2. The van der Waals surface area contributed by atoms with E-state index in [0.29, 0.717) is 12.6 Å². The first-order chi connectivity index (χ1) is 10.2. The standard InChI is InChI=1S/C15H16N2O4/c18-14(19)13-10-21-15(16-13)17-8-4-5-11(17)9-20-12-6-2-1-3-7-12/h1-3,6-7,10-11H,4-5,8-9H2,(H,18,19)/t11-/m0/s1. The van der Waals surface area contributed by atoms with Gasteiger partial charge in [0.25, 0.3) is 6.01 Å². The molecule has 1 aromatic carbocycles. The Hall–Kier alpha value is -2.50. The van der Waals surface area contributed by atoms with Gasteiger partial charge >= 0.3 is 5.97 Å². The maximum Gasteiger partial charge on any atom is 0.357 e. The van der Waals surface area contributed by atoms with Crippen molar-refractivity contribution in [1.29, 1.82) is 0 Å². The van der Waals surface area contributed by atoms with Crippen molar-refractivity contribution < 1.29 is 19.1 Å². The van der Waals surface area contributed by atoms with E-state index < -0.39 is 5.97 Å². The zero-order valence-electron chi connectivity index (χ0n) is 11.4. The Morgan fingerprint density at radius 1 is 1.43 bits per heavy atom. The van der Waals surface area contributed by atoms with Gasteiger partial charge in [0.05, 0.1) is 6.04 Å². The highest BCUT2D eigenvalue weighted by atomic mass is 16.5. The minimum Gasteiger partial charge on any atom is -0.491 e. The van der Waals surface area contributed by atoms with Crippen molar-refractivity contribution in [3.8, 4) is 5.75 Å². The molecule has 2 heterocycles. The molecule has 0 spiro atoms. The summed E-state index contributed by atoms with van der Waals surface area (Å²) in [6.07, 6.45) is 3.15. The van der Waals surface area contributed by atoms with Crippen molar-refractivity contribution in [3.05, 3.63) is 42.3 Å². The van der Waals surface area contributed by atoms with Crippen LogP contribution in [0, 0.1) is 0 Å². The summed E-state index contributed by atoms with van der Waals surface area (Å²) < 4.78 is 11.0. The first kappa shape index (κ1) is 13.5. The highest BCUT2D eigenvalue weighted by Crippen LogP contribution is 2.25. The second-order valence-electron chi connectivity index (χ2n) is 4.93. The monoisotopic (exact) mass is 288 g/mol. The van der Waals surface area contributed by atoms with Crippen LogP contribution in [-0.2, 0) is 0 Å². The molecule has 6 heteroatoms. The predicted octanol–water partition coefficient (Wildman–Crippen LogP) is 2.42. The quantitative estimate of drug-likeness (QED) is 0.910. The Morgan fingerprint density at radius 2 is 2.24 bits per heavy atom. The summed E-state index contributed by atoms with van der Waals surface area (Å²) in [6.45, 7) is 1.32. The van der Waals surface area contributed by atoms with Gasteiger partial charge in [-0.05, 0) is 25.0 Å². The molecule has 110 valence electrons. The molecule has 2 aromatic rings. The zero-order valence-corrected chi connectivity index (χ0v) is 11.4. The second kappa shape index (κ2) is 5.87. The van der Waals surface area contributed by atoms with Crippen LogP contribution in [0.4, 0.5) is 6.01 Å². The summed E-state index contributed by atoms with van der Waals surface area (Å²) in [5.41, 5.74) is -0.0698. The van der Waals surface area contributed by atoms with Crippen LogP contribution in [0.3, 0.4) is 0 Å². The molecule has 1 fully saturated rings. The number of hydrogen-bond acceptors (Lipinski definition) is 5. The molecule has 1 atom stereocenters. The summed E-state index contributed by atoms with van der Waals surface area (Å²) in [6, 6.07) is 10.1. The van der Waals surface area contributed by atoms with E-state index in [0.717, 1.165) is 25.1 Å². The van der Waals surface area contributed by atoms with E-state index in [2.05, 4.69) is 4.98 Å². The first-order valence-corrected chi connectivity index (χ1v) is 6.87. The van der Waals surface area contributed by atoms with E-state index in [9.17, 15) is 4.79 Å². The number of carbonyl (C=O) groups is 1. The molecule has 1 aliphatic heterocycles. The molecule has 0 unspecified atom stereocenters. The minimum absolute atomic E-state index is 0.0698. The molecule has 1 saturated heterocycles. The number of para-hydroxylation sites is 1. The smallest absolute Gasteiger partial charge is 0.357 e. The largest absolute Gasteiger partial charge is 0.491 e. The van der Waals surface area contributed by atoms with Gasteiger partial charge in [0.1, 0.15) is 18.6 Å². The minimum atomic E-state index is -1.08. The maximum absolute atomic E-state index is 10.9. The summed E-state index contributed by atoms with van der Waals surface area (Å²) >= 11 is 0. The summed E-state index contributed by atoms with van der Waals surface area (Å²) in [7, 11) is 0. The Bertz CT molecular complexity index is 611. The van der Waals surface area contributed by atoms with E-state index in [1.54, 1.807) is 0 Å². The number of benzene rings is 1. The average Bonchev–Trinajstić information content (AvgIpc) is 3.15. The van der Waals surface area contributed by atoms with Crippen molar-refractivity contribution in [2.45, 2.75) is 18.9 Å². The number of aromatic nitrogens is 1. The second-order valence-corrected chi connectivity index (χ2v) is 4.93. The Balaban J connectivity index is 1.66. The molecule has 21 heavy (non-hydrogen) atoms. The van der Waals surface area contributed by atoms with E-state index in [4.69, 9.17) is 14.3 Å². The van der Waals surface area contributed by atoms with Gasteiger partial charge < -0.3 is 19.2 Å². The average molecular weight is 288 g/mol. The van der Waals surface area contributed by atoms with Gasteiger partial charge in [0.15, 0.2) is 5.69 Å². The van der Waals surface area contributed by atoms with Crippen molar-refractivity contribution in [3.63, 3.8) is 0 Å². The highest BCUT2D eigenvalue weighted by molar-refractivity contribution is 5.85. The Kier molecular flexibility index (Phi) is 3.77. The normalized spacial score (nSPS) is 17.9. The molecule has 1 aliphatic rings. The number of hydrogen-bond donors (Lipinski definition) is 1. The van der Waals surface area contributed by atoms with Gasteiger partial charge in [-0.2, -0.15) is 4.98 Å². The van der Waals surface area contributed by atoms with E-state index in [1.807, 2.05) is 35.2 Å².